The van der Waals surface area contributed by atoms with Gasteiger partial charge in [-0.1, -0.05) is 6.07 Å². The molecule has 4 nitrogen and oxygen atoms in total. The lowest BCUT2D eigenvalue weighted by Crippen LogP contribution is -2.23. The quantitative estimate of drug-likeness (QED) is 0.893. The maximum atomic E-state index is 9.18. The molecule has 2 heterocycles. The predicted octanol–water partition coefficient (Wildman–Crippen LogP) is 2.30. The largest absolute Gasteiger partial charge is 0.392 e. The minimum Gasteiger partial charge on any atom is -0.392 e. The summed E-state index contributed by atoms with van der Waals surface area (Å²) in [6, 6.07) is 7.92. The van der Waals surface area contributed by atoms with E-state index in [4.69, 9.17) is 0 Å². The first kappa shape index (κ1) is 13.5. The summed E-state index contributed by atoms with van der Waals surface area (Å²) in [5.74, 6) is 0.939. The average molecular weight is 257 g/mol. The topological polar surface area (TPSA) is 49.2 Å². The minimum atomic E-state index is 0.0373. The van der Waals surface area contributed by atoms with Gasteiger partial charge in [-0.2, -0.15) is 0 Å². The third-order valence-corrected chi connectivity index (χ3v) is 3.18. The van der Waals surface area contributed by atoms with Gasteiger partial charge in [0.05, 0.1) is 6.61 Å². The second-order valence-corrected chi connectivity index (χ2v) is 4.44. The lowest BCUT2D eigenvalue weighted by molar-refractivity contribution is 0.280. The molecular weight excluding hydrogens is 238 g/mol. The molecule has 2 aromatic rings. The maximum Gasteiger partial charge on any atom is 0.129 e. The summed E-state index contributed by atoms with van der Waals surface area (Å²) in [6.45, 7) is 5.76. The highest BCUT2D eigenvalue weighted by Crippen LogP contribution is 2.17. The van der Waals surface area contributed by atoms with Crippen molar-refractivity contribution in [3.8, 4) is 0 Å². The molecule has 0 aromatic carbocycles. The molecule has 19 heavy (non-hydrogen) atoms. The number of aliphatic hydroxyl groups is 1. The normalized spacial score (nSPS) is 10.5. The summed E-state index contributed by atoms with van der Waals surface area (Å²) in [5.41, 5.74) is 2.97. The predicted molar refractivity (Wildman–Crippen MR) is 75.9 cm³/mol. The highest BCUT2D eigenvalue weighted by atomic mass is 16.3. The van der Waals surface area contributed by atoms with Crippen LogP contribution < -0.4 is 4.90 Å². The monoisotopic (exact) mass is 257 g/mol. The van der Waals surface area contributed by atoms with E-state index in [2.05, 4.69) is 21.8 Å². The Bertz CT molecular complexity index is 528. The van der Waals surface area contributed by atoms with Gasteiger partial charge in [0, 0.05) is 31.2 Å². The van der Waals surface area contributed by atoms with Crippen LogP contribution >= 0.6 is 0 Å². The van der Waals surface area contributed by atoms with Gasteiger partial charge in [-0.15, -0.1) is 0 Å². The molecule has 0 spiro atoms. The zero-order valence-corrected chi connectivity index (χ0v) is 11.4. The number of hydrogen-bond donors (Lipinski definition) is 1. The van der Waals surface area contributed by atoms with Crippen LogP contribution in [0.3, 0.4) is 0 Å². The highest BCUT2D eigenvalue weighted by Gasteiger charge is 2.08. The molecule has 2 rings (SSSR count). The van der Waals surface area contributed by atoms with Crippen LogP contribution in [0.4, 0.5) is 5.82 Å². The van der Waals surface area contributed by atoms with Gasteiger partial charge in [0.2, 0.25) is 0 Å². The van der Waals surface area contributed by atoms with Crippen molar-refractivity contribution in [2.45, 2.75) is 27.0 Å². The van der Waals surface area contributed by atoms with Gasteiger partial charge in [0.15, 0.2) is 0 Å². The number of rotatable bonds is 5. The van der Waals surface area contributed by atoms with E-state index in [1.54, 1.807) is 12.4 Å². The molecule has 0 unspecified atom stereocenters. The highest BCUT2D eigenvalue weighted by molar-refractivity contribution is 5.42. The maximum absolute atomic E-state index is 9.18. The molecule has 0 bridgehead atoms. The number of anilines is 1. The molecule has 0 saturated heterocycles. The molecular formula is C15H19N3O. The summed E-state index contributed by atoms with van der Waals surface area (Å²) in [7, 11) is 0. The summed E-state index contributed by atoms with van der Waals surface area (Å²) in [4.78, 5) is 10.8. The van der Waals surface area contributed by atoms with Crippen molar-refractivity contribution in [3.05, 3.63) is 53.5 Å². The summed E-state index contributed by atoms with van der Waals surface area (Å²) < 4.78 is 0. The van der Waals surface area contributed by atoms with Gasteiger partial charge >= 0.3 is 0 Å². The standard InChI is InChI=1S/C15H19N3O/c1-3-18(10-13-6-8-16-9-7-13)15-5-4-14(11-19)12(2)17-15/h4-9,19H,3,10-11H2,1-2H3. The van der Waals surface area contributed by atoms with E-state index in [1.165, 1.54) is 5.56 Å². The van der Waals surface area contributed by atoms with Crippen LogP contribution in [-0.2, 0) is 13.2 Å². The van der Waals surface area contributed by atoms with Crippen LogP contribution in [0.2, 0.25) is 0 Å². The minimum absolute atomic E-state index is 0.0373. The number of aromatic nitrogens is 2. The van der Waals surface area contributed by atoms with E-state index >= 15 is 0 Å². The van der Waals surface area contributed by atoms with Gasteiger partial charge < -0.3 is 10.0 Å². The van der Waals surface area contributed by atoms with Crippen molar-refractivity contribution >= 4 is 5.82 Å². The molecule has 0 amide bonds. The van der Waals surface area contributed by atoms with Crippen LogP contribution in [-0.4, -0.2) is 21.6 Å². The second-order valence-electron chi connectivity index (χ2n) is 4.44. The molecule has 0 aliphatic carbocycles. The Labute approximate surface area is 113 Å². The fourth-order valence-electron chi connectivity index (χ4n) is 1.98. The number of aliphatic hydroxyl groups excluding tert-OH is 1. The third-order valence-electron chi connectivity index (χ3n) is 3.18. The molecule has 0 atom stereocenters. The Balaban J connectivity index is 2.20. The molecule has 0 saturated carbocycles. The van der Waals surface area contributed by atoms with E-state index in [1.807, 2.05) is 31.2 Å². The first-order chi connectivity index (χ1) is 9.24. The van der Waals surface area contributed by atoms with Crippen LogP contribution in [0, 0.1) is 6.92 Å². The molecule has 0 aliphatic heterocycles. The van der Waals surface area contributed by atoms with E-state index in [-0.39, 0.29) is 6.61 Å². The van der Waals surface area contributed by atoms with Gasteiger partial charge in [-0.25, -0.2) is 4.98 Å². The molecule has 100 valence electrons. The van der Waals surface area contributed by atoms with Crippen molar-refractivity contribution < 1.29 is 5.11 Å². The van der Waals surface area contributed by atoms with Gasteiger partial charge in [-0.3, -0.25) is 4.98 Å². The SMILES string of the molecule is CCN(Cc1ccncc1)c1ccc(CO)c(C)n1. The zero-order valence-electron chi connectivity index (χ0n) is 11.4. The average Bonchev–Trinajstić information content (AvgIpc) is 2.46. The van der Waals surface area contributed by atoms with E-state index < -0.39 is 0 Å². The number of aryl methyl sites for hydroxylation is 1. The Morgan fingerprint density at radius 1 is 1.16 bits per heavy atom. The first-order valence-corrected chi connectivity index (χ1v) is 6.45. The van der Waals surface area contributed by atoms with Crippen molar-refractivity contribution in [1.29, 1.82) is 0 Å². The molecule has 4 heteroatoms. The van der Waals surface area contributed by atoms with Crippen LogP contribution in [0.5, 0.6) is 0 Å². The fourth-order valence-corrected chi connectivity index (χ4v) is 1.98. The van der Waals surface area contributed by atoms with Crippen molar-refractivity contribution in [1.82, 2.24) is 9.97 Å². The third kappa shape index (κ3) is 3.29. The second kappa shape index (κ2) is 6.29. The molecule has 1 N–H and O–H groups in total. The Kier molecular flexibility index (Phi) is 4.47. The van der Waals surface area contributed by atoms with E-state index in [0.29, 0.717) is 0 Å². The van der Waals surface area contributed by atoms with Crippen LogP contribution in [0.15, 0.2) is 36.7 Å². The fraction of sp³-hybridized carbons (Fsp3) is 0.333. The summed E-state index contributed by atoms with van der Waals surface area (Å²) in [5, 5.41) is 9.18. The van der Waals surface area contributed by atoms with E-state index in [9.17, 15) is 5.11 Å². The molecule has 0 aliphatic rings. The summed E-state index contributed by atoms with van der Waals surface area (Å²) in [6.07, 6.45) is 3.60. The van der Waals surface area contributed by atoms with Crippen molar-refractivity contribution in [3.63, 3.8) is 0 Å². The molecule has 0 radical (unpaired) electrons. The van der Waals surface area contributed by atoms with Crippen LogP contribution in [0.1, 0.15) is 23.7 Å². The van der Waals surface area contributed by atoms with Crippen LogP contribution in [0.25, 0.3) is 0 Å². The smallest absolute Gasteiger partial charge is 0.129 e. The Morgan fingerprint density at radius 2 is 1.89 bits per heavy atom. The number of hydrogen-bond acceptors (Lipinski definition) is 4. The van der Waals surface area contributed by atoms with Gasteiger partial charge in [0.1, 0.15) is 5.82 Å². The molecule has 0 fully saturated rings. The lowest BCUT2D eigenvalue weighted by Gasteiger charge is -2.22. The number of nitrogens with zero attached hydrogens (tertiary/aromatic N) is 3. The number of pyridine rings is 2. The summed E-state index contributed by atoms with van der Waals surface area (Å²) >= 11 is 0. The first-order valence-electron chi connectivity index (χ1n) is 6.45. The Hall–Kier alpha value is -1.94. The van der Waals surface area contributed by atoms with Gasteiger partial charge in [-0.05, 0) is 43.2 Å². The van der Waals surface area contributed by atoms with E-state index in [0.717, 1.165) is 30.2 Å². The van der Waals surface area contributed by atoms with Crippen molar-refractivity contribution in [2.24, 2.45) is 0 Å². The zero-order chi connectivity index (χ0) is 13.7. The van der Waals surface area contributed by atoms with Crippen molar-refractivity contribution in [2.75, 3.05) is 11.4 Å². The lowest BCUT2D eigenvalue weighted by atomic mass is 10.2. The molecule has 2 aromatic heterocycles. The van der Waals surface area contributed by atoms with Gasteiger partial charge in [0.25, 0.3) is 0 Å². The Morgan fingerprint density at radius 3 is 2.47 bits per heavy atom.